The molecular formula is C39H36ClFN6O5. The number of hydrogen-bond donors (Lipinski definition) is 1. The van der Waals surface area contributed by atoms with Crippen LogP contribution in [0.1, 0.15) is 16.9 Å². The summed E-state index contributed by atoms with van der Waals surface area (Å²) in [7, 11) is 3.70. The third-order valence-corrected chi connectivity index (χ3v) is 9.28. The van der Waals surface area contributed by atoms with E-state index in [9.17, 15) is 9.59 Å². The first-order chi connectivity index (χ1) is 25.3. The zero-order chi connectivity index (χ0) is 36.2. The van der Waals surface area contributed by atoms with Gasteiger partial charge in [0.25, 0.3) is 5.91 Å². The fourth-order valence-electron chi connectivity index (χ4n) is 6.13. The maximum absolute atomic E-state index is 15.5. The Morgan fingerprint density at radius 1 is 0.904 bits per heavy atom. The zero-order valence-electron chi connectivity index (χ0n) is 28.6. The first-order valence-corrected chi connectivity index (χ1v) is 17.2. The fraction of sp³-hybridized carbons (Fsp3) is 0.231. The van der Waals surface area contributed by atoms with Crippen LogP contribution in [0.5, 0.6) is 23.0 Å². The molecule has 0 radical (unpaired) electrons. The van der Waals surface area contributed by atoms with Crippen LogP contribution in [0.2, 0.25) is 5.02 Å². The molecule has 7 rings (SSSR count). The average molecular weight is 723 g/mol. The van der Waals surface area contributed by atoms with Crippen molar-refractivity contribution in [1.29, 1.82) is 0 Å². The van der Waals surface area contributed by atoms with Crippen LogP contribution in [0, 0.1) is 5.82 Å². The second kappa shape index (κ2) is 15.4. The monoisotopic (exact) mass is 722 g/mol. The molecule has 0 spiro atoms. The number of hydrogen-bond acceptors (Lipinski definition) is 9. The van der Waals surface area contributed by atoms with Crippen LogP contribution in [0.4, 0.5) is 10.1 Å². The number of fused-ring (bicyclic) bond motifs is 2. The summed E-state index contributed by atoms with van der Waals surface area (Å²) < 4.78 is 34.7. The largest absolute Gasteiger partial charge is 0.493 e. The number of aromatic nitrogens is 3. The summed E-state index contributed by atoms with van der Waals surface area (Å²) in [6.07, 6.45) is 2.44. The maximum atomic E-state index is 15.5. The Morgan fingerprint density at radius 3 is 2.48 bits per heavy atom. The molecule has 0 bridgehead atoms. The van der Waals surface area contributed by atoms with Gasteiger partial charge < -0.3 is 29.3 Å². The van der Waals surface area contributed by atoms with E-state index >= 15 is 4.39 Å². The quantitative estimate of drug-likeness (QED) is 0.145. The number of likely N-dealkylation sites (N-methyl/N-ethyl adjacent to an activating group) is 1. The predicted molar refractivity (Wildman–Crippen MR) is 199 cm³/mol. The average Bonchev–Trinajstić information content (AvgIpc) is 3.15. The third kappa shape index (κ3) is 7.40. The van der Waals surface area contributed by atoms with Gasteiger partial charge in [-0.1, -0.05) is 35.9 Å². The molecule has 13 heteroatoms. The summed E-state index contributed by atoms with van der Waals surface area (Å²) in [6.45, 7) is 5.72. The van der Waals surface area contributed by atoms with Crippen molar-refractivity contribution in [2.75, 3.05) is 58.8 Å². The van der Waals surface area contributed by atoms with Crippen LogP contribution in [-0.2, 0) is 0 Å². The van der Waals surface area contributed by atoms with E-state index in [0.29, 0.717) is 51.0 Å². The van der Waals surface area contributed by atoms with Gasteiger partial charge in [0.05, 0.1) is 40.8 Å². The van der Waals surface area contributed by atoms with Gasteiger partial charge in [-0.2, -0.15) is 5.10 Å². The second-order valence-electron chi connectivity index (χ2n) is 12.4. The number of carbonyl (C=O) groups excluding carboxylic acids is 1. The molecule has 1 saturated heterocycles. The van der Waals surface area contributed by atoms with E-state index < -0.39 is 17.2 Å². The van der Waals surface area contributed by atoms with E-state index in [1.807, 2.05) is 0 Å². The molecule has 4 aromatic carbocycles. The van der Waals surface area contributed by atoms with Gasteiger partial charge >= 0.3 is 0 Å². The van der Waals surface area contributed by atoms with Crippen molar-refractivity contribution < 1.29 is 23.4 Å². The number of benzene rings is 4. The standard InChI is InChI=1S/C39H36ClFN6O5/c1-45-17-19-46(20-18-45)16-7-21-51-36-24-30-27(23-35(36)50-2)33(14-15-42-30)52-34-13-12-25(22-29(34)41)43-39(49)37-38(48)26-8-3-5-10-31(26)47(44-37)32-11-6-4-9-28(32)40/h3-6,8-15,22-24H,7,16-21H2,1-2H3,(H,43,49). The normalized spacial score (nSPS) is 13.7. The Hall–Kier alpha value is -5.56. The summed E-state index contributed by atoms with van der Waals surface area (Å²) in [4.78, 5) is 36.0. The molecule has 52 heavy (non-hydrogen) atoms. The molecule has 1 aliphatic rings. The van der Waals surface area contributed by atoms with Crippen molar-refractivity contribution in [3.63, 3.8) is 0 Å². The smallest absolute Gasteiger partial charge is 0.280 e. The lowest BCUT2D eigenvalue weighted by Gasteiger charge is -2.32. The van der Waals surface area contributed by atoms with E-state index in [1.165, 1.54) is 16.8 Å². The Balaban J connectivity index is 1.07. The first-order valence-electron chi connectivity index (χ1n) is 16.9. The minimum atomic E-state index is -0.811. The minimum absolute atomic E-state index is 0.0846. The number of rotatable bonds is 11. The lowest BCUT2D eigenvalue weighted by Crippen LogP contribution is -2.44. The Bertz CT molecular complexity index is 2330. The molecular weight excluding hydrogens is 687 g/mol. The number of piperazine rings is 1. The summed E-state index contributed by atoms with van der Waals surface area (Å²) in [5, 5.41) is 8.22. The van der Waals surface area contributed by atoms with Crippen molar-refractivity contribution in [2.45, 2.75) is 6.42 Å². The summed E-state index contributed by atoms with van der Waals surface area (Å²) in [5.74, 6) is -0.230. The van der Waals surface area contributed by atoms with Crippen LogP contribution in [-0.4, -0.2) is 84.0 Å². The van der Waals surface area contributed by atoms with E-state index in [-0.39, 0.29) is 22.5 Å². The lowest BCUT2D eigenvalue weighted by atomic mass is 10.1. The van der Waals surface area contributed by atoms with Crippen molar-refractivity contribution in [1.82, 2.24) is 24.6 Å². The molecule has 11 nitrogen and oxygen atoms in total. The van der Waals surface area contributed by atoms with Crippen LogP contribution >= 0.6 is 11.6 Å². The van der Waals surface area contributed by atoms with Crippen LogP contribution in [0.25, 0.3) is 27.5 Å². The van der Waals surface area contributed by atoms with E-state index in [0.717, 1.165) is 45.2 Å². The van der Waals surface area contributed by atoms with Gasteiger partial charge in [-0.3, -0.25) is 14.6 Å². The van der Waals surface area contributed by atoms with Crippen molar-refractivity contribution in [3.05, 3.63) is 118 Å². The van der Waals surface area contributed by atoms with Crippen LogP contribution < -0.4 is 25.0 Å². The molecule has 0 atom stereocenters. The van der Waals surface area contributed by atoms with Gasteiger partial charge in [-0.25, -0.2) is 9.07 Å². The first kappa shape index (κ1) is 34.9. The van der Waals surface area contributed by atoms with Crippen LogP contribution in [0.15, 0.2) is 95.9 Å². The SMILES string of the molecule is COc1cc2c(Oc3ccc(NC(=O)c4nn(-c5ccccc5Cl)c5ccccc5c4=O)cc3F)ccnc2cc1OCCCN1CCN(C)CC1. The molecule has 0 unspecified atom stereocenters. The number of para-hydroxylation sites is 2. The number of pyridine rings is 1. The Labute approximate surface area is 304 Å². The Kier molecular flexibility index (Phi) is 10.3. The number of nitrogens with one attached hydrogen (secondary N) is 1. The highest BCUT2D eigenvalue weighted by atomic mass is 35.5. The number of halogens is 2. The molecule has 1 N–H and O–H groups in total. The van der Waals surface area contributed by atoms with Gasteiger partial charge in [0.2, 0.25) is 5.43 Å². The van der Waals surface area contributed by atoms with Gasteiger partial charge in [-0.15, -0.1) is 0 Å². The van der Waals surface area contributed by atoms with Crippen molar-refractivity contribution >= 4 is 45.0 Å². The molecule has 0 aliphatic carbocycles. The van der Waals surface area contributed by atoms with Gasteiger partial charge in [0.1, 0.15) is 5.75 Å². The predicted octanol–water partition coefficient (Wildman–Crippen LogP) is 6.80. The molecule has 6 aromatic rings. The Morgan fingerprint density at radius 2 is 1.69 bits per heavy atom. The highest BCUT2D eigenvalue weighted by molar-refractivity contribution is 6.32. The lowest BCUT2D eigenvalue weighted by molar-refractivity contribution is 0.102. The number of carbonyl (C=O) groups is 1. The molecule has 0 saturated carbocycles. The molecule has 1 amide bonds. The summed E-state index contributed by atoms with van der Waals surface area (Å²) in [6, 6.07) is 22.9. The number of anilines is 1. The van der Waals surface area contributed by atoms with Crippen molar-refractivity contribution in [2.24, 2.45) is 0 Å². The number of nitrogens with zero attached hydrogens (tertiary/aromatic N) is 5. The maximum Gasteiger partial charge on any atom is 0.280 e. The summed E-state index contributed by atoms with van der Waals surface area (Å²) >= 11 is 6.44. The fourth-order valence-corrected chi connectivity index (χ4v) is 6.35. The molecule has 1 aliphatic heterocycles. The van der Waals surface area contributed by atoms with E-state index in [4.69, 9.17) is 25.8 Å². The van der Waals surface area contributed by atoms with Gasteiger partial charge in [0.15, 0.2) is 28.8 Å². The highest BCUT2D eigenvalue weighted by Gasteiger charge is 2.21. The molecule has 2 aromatic heterocycles. The molecule has 266 valence electrons. The second-order valence-corrected chi connectivity index (χ2v) is 12.8. The summed E-state index contributed by atoms with van der Waals surface area (Å²) in [5.41, 5.74) is 0.701. The minimum Gasteiger partial charge on any atom is -0.493 e. The van der Waals surface area contributed by atoms with E-state index in [1.54, 1.807) is 80.0 Å². The third-order valence-electron chi connectivity index (χ3n) is 8.96. The van der Waals surface area contributed by atoms with Crippen molar-refractivity contribution in [3.8, 4) is 28.7 Å². The number of amides is 1. The van der Waals surface area contributed by atoms with Gasteiger partial charge in [-0.05, 0) is 62.0 Å². The zero-order valence-corrected chi connectivity index (χ0v) is 29.4. The molecule has 1 fully saturated rings. The number of methoxy groups -OCH3 is 1. The topological polar surface area (TPSA) is 111 Å². The number of ether oxygens (including phenoxy) is 3. The van der Waals surface area contributed by atoms with Gasteiger partial charge in [0, 0.05) is 62.1 Å². The highest BCUT2D eigenvalue weighted by Crippen LogP contribution is 2.38. The van der Waals surface area contributed by atoms with E-state index in [2.05, 4.69) is 32.2 Å². The molecule has 3 heterocycles. The van der Waals surface area contributed by atoms with Crippen LogP contribution in [0.3, 0.4) is 0 Å².